The second-order valence-corrected chi connectivity index (χ2v) is 5.03. The Balaban J connectivity index is 2.11. The van der Waals surface area contributed by atoms with Crippen molar-refractivity contribution < 1.29 is 0 Å². The van der Waals surface area contributed by atoms with Crippen LogP contribution in [-0.4, -0.2) is 46.2 Å². The monoisotopic (exact) mass is 247 g/mol. The third kappa shape index (κ3) is 2.98. The quantitative estimate of drug-likeness (QED) is 0.875. The summed E-state index contributed by atoms with van der Waals surface area (Å²) in [6, 6.07) is 2.44. The number of hydrogen-bond acceptors (Lipinski definition) is 4. The number of rotatable bonds is 5. The van der Waals surface area contributed by atoms with Crippen molar-refractivity contribution in [2.75, 3.05) is 26.0 Å². The molecule has 0 amide bonds. The summed E-state index contributed by atoms with van der Waals surface area (Å²) in [6.07, 6.45) is 4.74. The fourth-order valence-corrected chi connectivity index (χ4v) is 1.91. The number of nitrogens with one attached hydrogen (secondary N) is 1. The van der Waals surface area contributed by atoms with Crippen molar-refractivity contribution in [1.29, 1.82) is 0 Å². The summed E-state index contributed by atoms with van der Waals surface area (Å²) >= 11 is 0. The van der Waals surface area contributed by atoms with Gasteiger partial charge in [0.15, 0.2) is 5.82 Å². The van der Waals surface area contributed by atoms with Gasteiger partial charge in [-0.3, -0.25) is 0 Å². The van der Waals surface area contributed by atoms with Crippen LogP contribution in [0.15, 0.2) is 18.5 Å². The van der Waals surface area contributed by atoms with Gasteiger partial charge >= 0.3 is 0 Å². The molecule has 0 saturated carbocycles. The van der Waals surface area contributed by atoms with Crippen LogP contribution in [0.4, 0.5) is 5.82 Å². The van der Waals surface area contributed by atoms with E-state index in [1.54, 1.807) is 6.20 Å². The van der Waals surface area contributed by atoms with Gasteiger partial charge in [0.05, 0.1) is 5.69 Å². The first kappa shape index (κ1) is 12.8. The maximum Gasteiger partial charge on any atom is 0.152 e. The lowest BCUT2D eigenvalue weighted by atomic mass is 10.2. The minimum atomic E-state index is 0.390. The molecule has 5 heteroatoms. The number of aromatic nitrogens is 3. The molecule has 1 atom stereocenters. The van der Waals surface area contributed by atoms with Gasteiger partial charge < -0.3 is 10.2 Å². The molecule has 0 saturated heterocycles. The SMILES string of the molecule is Cc1cc2c(NC(C)CCN(C)C)nccn2n1. The van der Waals surface area contributed by atoms with E-state index in [-0.39, 0.29) is 0 Å². The summed E-state index contributed by atoms with van der Waals surface area (Å²) < 4.78 is 1.86. The molecule has 0 bridgehead atoms. The maximum atomic E-state index is 4.40. The van der Waals surface area contributed by atoms with Gasteiger partial charge in [-0.1, -0.05) is 0 Å². The topological polar surface area (TPSA) is 45.5 Å². The summed E-state index contributed by atoms with van der Waals surface area (Å²) in [7, 11) is 4.18. The van der Waals surface area contributed by atoms with Gasteiger partial charge in [0.2, 0.25) is 0 Å². The van der Waals surface area contributed by atoms with E-state index in [9.17, 15) is 0 Å². The highest BCUT2D eigenvalue weighted by Gasteiger charge is 2.08. The summed E-state index contributed by atoms with van der Waals surface area (Å²) in [5.41, 5.74) is 2.04. The molecule has 2 aromatic heterocycles. The number of fused-ring (bicyclic) bond motifs is 1. The third-order valence-corrected chi connectivity index (χ3v) is 2.90. The standard InChI is InChI=1S/C13H21N5/c1-10(5-7-17(3)4)15-13-12-9-11(2)16-18(12)8-6-14-13/h6,8-10H,5,7H2,1-4H3,(H,14,15). The summed E-state index contributed by atoms with van der Waals surface area (Å²) in [4.78, 5) is 6.59. The lowest BCUT2D eigenvalue weighted by molar-refractivity contribution is 0.390. The van der Waals surface area contributed by atoms with Crippen LogP contribution in [0, 0.1) is 6.92 Å². The van der Waals surface area contributed by atoms with Crippen LogP contribution in [-0.2, 0) is 0 Å². The first-order chi connectivity index (χ1) is 8.56. The van der Waals surface area contributed by atoms with Gasteiger partial charge in [0.1, 0.15) is 5.52 Å². The van der Waals surface area contributed by atoms with Gasteiger partial charge in [0.25, 0.3) is 0 Å². The summed E-state index contributed by atoms with van der Waals surface area (Å²) in [5, 5.41) is 7.84. The van der Waals surface area contributed by atoms with Gasteiger partial charge in [0, 0.05) is 18.4 Å². The average Bonchev–Trinajstić information content (AvgIpc) is 2.68. The van der Waals surface area contributed by atoms with Crippen LogP contribution < -0.4 is 5.32 Å². The van der Waals surface area contributed by atoms with E-state index < -0.39 is 0 Å². The van der Waals surface area contributed by atoms with Crippen molar-refractivity contribution in [2.24, 2.45) is 0 Å². The molecule has 0 aliphatic heterocycles. The Bertz CT molecular complexity index is 517. The molecule has 0 radical (unpaired) electrons. The molecule has 0 spiro atoms. The first-order valence-electron chi connectivity index (χ1n) is 6.28. The molecule has 0 aromatic carbocycles. The Kier molecular flexibility index (Phi) is 3.81. The molecule has 2 rings (SSSR count). The van der Waals surface area contributed by atoms with Crippen molar-refractivity contribution in [2.45, 2.75) is 26.3 Å². The second-order valence-electron chi connectivity index (χ2n) is 5.03. The summed E-state index contributed by atoms with van der Waals surface area (Å²) in [5.74, 6) is 0.907. The molecule has 2 heterocycles. The molecule has 1 N–H and O–H groups in total. The molecule has 2 aromatic rings. The molecular formula is C13H21N5. The highest BCUT2D eigenvalue weighted by Crippen LogP contribution is 2.16. The molecule has 0 aliphatic carbocycles. The van der Waals surface area contributed by atoms with E-state index in [1.807, 2.05) is 23.7 Å². The van der Waals surface area contributed by atoms with Gasteiger partial charge in [-0.25, -0.2) is 9.50 Å². The van der Waals surface area contributed by atoms with Crippen LogP contribution in [0.25, 0.3) is 5.52 Å². The Morgan fingerprint density at radius 3 is 2.94 bits per heavy atom. The maximum absolute atomic E-state index is 4.40. The zero-order chi connectivity index (χ0) is 13.1. The Labute approximate surface area is 108 Å². The summed E-state index contributed by atoms with van der Waals surface area (Å²) in [6.45, 7) is 5.24. The Morgan fingerprint density at radius 1 is 1.44 bits per heavy atom. The van der Waals surface area contributed by atoms with Crippen LogP contribution in [0.1, 0.15) is 19.0 Å². The van der Waals surface area contributed by atoms with Crippen molar-refractivity contribution in [3.05, 3.63) is 24.2 Å². The molecule has 0 aliphatic rings. The minimum Gasteiger partial charge on any atom is -0.366 e. The van der Waals surface area contributed by atoms with Gasteiger partial charge in [-0.15, -0.1) is 0 Å². The van der Waals surface area contributed by atoms with Crippen LogP contribution in [0.2, 0.25) is 0 Å². The fraction of sp³-hybridized carbons (Fsp3) is 0.538. The highest BCUT2D eigenvalue weighted by atomic mass is 15.2. The molecular weight excluding hydrogens is 226 g/mol. The Morgan fingerprint density at radius 2 is 2.22 bits per heavy atom. The van der Waals surface area contributed by atoms with E-state index in [4.69, 9.17) is 0 Å². The van der Waals surface area contributed by atoms with Gasteiger partial charge in [-0.05, 0) is 47.0 Å². The zero-order valence-electron chi connectivity index (χ0n) is 11.5. The average molecular weight is 247 g/mol. The lowest BCUT2D eigenvalue weighted by Gasteiger charge is -2.17. The molecule has 98 valence electrons. The molecule has 18 heavy (non-hydrogen) atoms. The highest BCUT2D eigenvalue weighted by molar-refractivity contribution is 5.67. The number of anilines is 1. The van der Waals surface area contributed by atoms with Crippen LogP contribution >= 0.6 is 0 Å². The van der Waals surface area contributed by atoms with E-state index in [0.717, 1.165) is 30.0 Å². The predicted molar refractivity (Wildman–Crippen MR) is 74.0 cm³/mol. The second kappa shape index (κ2) is 5.35. The van der Waals surface area contributed by atoms with Crippen molar-refractivity contribution in [1.82, 2.24) is 19.5 Å². The van der Waals surface area contributed by atoms with Crippen molar-refractivity contribution in [3.8, 4) is 0 Å². The minimum absolute atomic E-state index is 0.390. The van der Waals surface area contributed by atoms with Crippen LogP contribution in [0.5, 0.6) is 0 Å². The molecule has 5 nitrogen and oxygen atoms in total. The van der Waals surface area contributed by atoms with E-state index >= 15 is 0 Å². The Hall–Kier alpha value is -1.62. The van der Waals surface area contributed by atoms with Crippen LogP contribution in [0.3, 0.4) is 0 Å². The smallest absolute Gasteiger partial charge is 0.152 e. The number of hydrogen-bond donors (Lipinski definition) is 1. The fourth-order valence-electron chi connectivity index (χ4n) is 1.91. The number of aryl methyl sites for hydroxylation is 1. The lowest BCUT2D eigenvalue weighted by Crippen LogP contribution is -2.23. The van der Waals surface area contributed by atoms with Gasteiger partial charge in [-0.2, -0.15) is 5.10 Å². The van der Waals surface area contributed by atoms with E-state index in [2.05, 4.69) is 41.3 Å². The third-order valence-electron chi connectivity index (χ3n) is 2.90. The zero-order valence-corrected chi connectivity index (χ0v) is 11.5. The van der Waals surface area contributed by atoms with Crippen molar-refractivity contribution >= 4 is 11.3 Å². The van der Waals surface area contributed by atoms with Crippen molar-refractivity contribution in [3.63, 3.8) is 0 Å². The predicted octanol–water partition coefficient (Wildman–Crippen LogP) is 1.79. The molecule has 1 unspecified atom stereocenters. The number of nitrogens with zero attached hydrogens (tertiary/aromatic N) is 4. The largest absolute Gasteiger partial charge is 0.366 e. The molecule has 0 fully saturated rings. The normalized spacial score (nSPS) is 13.2. The van der Waals surface area contributed by atoms with E-state index in [1.165, 1.54) is 0 Å². The first-order valence-corrected chi connectivity index (χ1v) is 6.28. The van der Waals surface area contributed by atoms with E-state index in [0.29, 0.717) is 6.04 Å².